The van der Waals surface area contributed by atoms with Crippen molar-refractivity contribution >= 4 is 33.1 Å². The standard InChI is InChI=1S/C18H19N3O2S/c1-21(12-18-20-15-5-3-4-6-16(15)24-18)11-17(22)19-13-7-9-14(23-2)10-8-13/h3-10H,11-12H2,1-2H3,(H,19,22). The molecule has 0 radical (unpaired) electrons. The van der Waals surface area contributed by atoms with Gasteiger partial charge in [-0.25, -0.2) is 4.98 Å². The lowest BCUT2D eigenvalue weighted by Gasteiger charge is -2.14. The Morgan fingerprint density at radius 1 is 1.21 bits per heavy atom. The fourth-order valence-electron chi connectivity index (χ4n) is 2.39. The van der Waals surface area contributed by atoms with Crippen molar-refractivity contribution in [2.45, 2.75) is 6.54 Å². The Morgan fingerprint density at radius 3 is 2.67 bits per heavy atom. The number of thiazole rings is 1. The molecule has 1 heterocycles. The third-order valence-corrected chi connectivity index (χ3v) is 4.55. The van der Waals surface area contributed by atoms with Gasteiger partial charge < -0.3 is 10.1 Å². The molecule has 0 aliphatic rings. The van der Waals surface area contributed by atoms with Crippen molar-refractivity contribution in [3.8, 4) is 5.75 Å². The van der Waals surface area contributed by atoms with Crippen LogP contribution < -0.4 is 10.1 Å². The summed E-state index contributed by atoms with van der Waals surface area (Å²) in [5, 5.41) is 3.89. The molecule has 1 N–H and O–H groups in total. The Kier molecular flexibility index (Phi) is 5.08. The molecule has 5 nitrogen and oxygen atoms in total. The summed E-state index contributed by atoms with van der Waals surface area (Å²) in [6, 6.07) is 15.3. The molecule has 1 aromatic heterocycles. The largest absolute Gasteiger partial charge is 0.497 e. The number of nitrogens with zero attached hydrogens (tertiary/aromatic N) is 2. The lowest BCUT2D eigenvalue weighted by atomic mass is 10.3. The monoisotopic (exact) mass is 341 g/mol. The van der Waals surface area contributed by atoms with Crippen molar-refractivity contribution in [2.24, 2.45) is 0 Å². The summed E-state index contributed by atoms with van der Waals surface area (Å²) in [5.41, 5.74) is 1.77. The quantitative estimate of drug-likeness (QED) is 0.747. The summed E-state index contributed by atoms with van der Waals surface area (Å²) in [4.78, 5) is 18.7. The third kappa shape index (κ3) is 4.10. The van der Waals surface area contributed by atoms with Crippen LogP contribution in [-0.2, 0) is 11.3 Å². The molecule has 0 aliphatic heterocycles. The van der Waals surface area contributed by atoms with Gasteiger partial charge in [0, 0.05) is 5.69 Å². The minimum absolute atomic E-state index is 0.0521. The predicted molar refractivity (Wildman–Crippen MR) is 97.6 cm³/mol. The second-order valence-electron chi connectivity index (χ2n) is 5.52. The molecule has 0 saturated heterocycles. The highest BCUT2D eigenvalue weighted by Gasteiger charge is 2.10. The molecule has 3 rings (SSSR count). The zero-order valence-electron chi connectivity index (χ0n) is 13.7. The van der Waals surface area contributed by atoms with Gasteiger partial charge in [0.25, 0.3) is 0 Å². The molecule has 0 spiro atoms. The van der Waals surface area contributed by atoms with Gasteiger partial charge in [-0.15, -0.1) is 11.3 Å². The Bertz CT molecular complexity index is 797. The SMILES string of the molecule is COc1ccc(NC(=O)CN(C)Cc2nc3ccccc3s2)cc1. The van der Waals surface area contributed by atoms with Crippen molar-refractivity contribution < 1.29 is 9.53 Å². The van der Waals surface area contributed by atoms with Crippen LogP contribution >= 0.6 is 11.3 Å². The predicted octanol–water partition coefficient (Wildman–Crippen LogP) is 3.38. The minimum atomic E-state index is -0.0521. The number of amides is 1. The maximum atomic E-state index is 12.1. The first-order chi connectivity index (χ1) is 11.6. The number of ether oxygens (including phenoxy) is 1. The lowest BCUT2D eigenvalue weighted by molar-refractivity contribution is -0.117. The van der Waals surface area contributed by atoms with Gasteiger partial charge in [-0.1, -0.05) is 12.1 Å². The van der Waals surface area contributed by atoms with Crippen molar-refractivity contribution in [3.05, 3.63) is 53.5 Å². The maximum Gasteiger partial charge on any atom is 0.238 e. The Hall–Kier alpha value is -2.44. The van der Waals surface area contributed by atoms with E-state index in [1.807, 2.05) is 54.4 Å². The van der Waals surface area contributed by atoms with E-state index < -0.39 is 0 Å². The van der Waals surface area contributed by atoms with Gasteiger partial charge in [-0.05, 0) is 43.4 Å². The van der Waals surface area contributed by atoms with Gasteiger partial charge in [0.1, 0.15) is 10.8 Å². The van der Waals surface area contributed by atoms with Crippen LogP contribution in [0, 0.1) is 0 Å². The highest BCUT2D eigenvalue weighted by Crippen LogP contribution is 2.22. The molecule has 3 aromatic rings. The molecule has 0 saturated carbocycles. The van der Waals surface area contributed by atoms with E-state index in [0.717, 1.165) is 22.0 Å². The van der Waals surface area contributed by atoms with Crippen LogP contribution in [0.15, 0.2) is 48.5 Å². The topological polar surface area (TPSA) is 54.5 Å². The number of carbonyl (C=O) groups is 1. The number of rotatable bonds is 6. The molecular formula is C18H19N3O2S. The van der Waals surface area contributed by atoms with Crippen LogP contribution in [0.3, 0.4) is 0 Å². The van der Waals surface area contributed by atoms with Gasteiger partial charge in [-0.2, -0.15) is 0 Å². The summed E-state index contributed by atoms with van der Waals surface area (Å²) in [7, 11) is 3.53. The highest BCUT2D eigenvalue weighted by atomic mass is 32.1. The second kappa shape index (κ2) is 7.42. The van der Waals surface area contributed by atoms with Crippen LogP contribution in [0.25, 0.3) is 10.2 Å². The normalized spacial score (nSPS) is 11.0. The third-order valence-electron chi connectivity index (χ3n) is 3.53. The number of nitrogens with one attached hydrogen (secondary N) is 1. The second-order valence-corrected chi connectivity index (χ2v) is 6.64. The first-order valence-corrected chi connectivity index (χ1v) is 8.42. The smallest absolute Gasteiger partial charge is 0.238 e. The molecule has 24 heavy (non-hydrogen) atoms. The van der Waals surface area contributed by atoms with Gasteiger partial charge >= 0.3 is 0 Å². The Morgan fingerprint density at radius 2 is 1.96 bits per heavy atom. The van der Waals surface area contributed by atoms with Crippen molar-refractivity contribution in [1.82, 2.24) is 9.88 Å². The van der Waals surface area contributed by atoms with Crippen molar-refractivity contribution in [2.75, 3.05) is 26.0 Å². The van der Waals surface area contributed by atoms with Gasteiger partial charge in [0.15, 0.2) is 0 Å². The molecule has 1 amide bonds. The average Bonchev–Trinajstić information content (AvgIpc) is 2.97. The summed E-state index contributed by atoms with van der Waals surface area (Å²) in [6.45, 7) is 0.956. The number of hydrogen-bond acceptors (Lipinski definition) is 5. The van der Waals surface area contributed by atoms with E-state index in [9.17, 15) is 4.79 Å². The molecule has 0 bridgehead atoms. The lowest BCUT2D eigenvalue weighted by Crippen LogP contribution is -2.29. The number of anilines is 1. The molecule has 0 fully saturated rings. The van der Waals surface area contributed by atoms with Gasteiger partial charge in [-0.3, -0.25) is 9.69 Å². The van der Waals surface area contributed by atoms with Crippen LogP contribution in [-0.4, -0.2) is 36.5 Å². The number of hydrogen-bond donors (Lipinski definition) is 1. The first-order valence-electron chi connectivity index (χ1n) is 7.61. The van der Waals surface area contributed by atoms with E-state index >= 15 is 0 Å². The molecule has 2 aromatic carbocycles. The number of para-hydroxylation sites is 1. The fraction of sp³-hybridized carbons (Fsp3) is 0.222. The van der Waals surface area contributed by atoms with E-state index in [1.165, 1.54) is 4.70 Å². The number of aromatic nitrogens is 1. The number of methoxy groups -OCH3 is 1. The molecule has 124 valence electrons. The summed E-state index contributed by atoms with van der Waals surface area (Å²) >= 11 is 1.66. The summed E-state index contributed by atoms with van der Waals surface area (Å²) in [5.74, 6) is 0.713. The van der Waals surface area contributed by atoms with Crippen LogP contribution in [0.4, 0.5) is 5.69 Å². The zero-order valence-corrected chi connectivity index (χ0v) is 14.5. The Balaban J connectivity index is 1.55. The van der Waals surface area contributed by atoms with Gasteiger partial charge in [0.05, 0.1) is 30.4 Å². The summed E-state index contributed by atoms with van der Waals surface area (Å²) < 4.78 is 6.27. The molecule has 0 atom stereocenters. The first kappa shape index (κ1) is 16.4. The number of fused-ring (bicyclic) bond motifs is 1. The van der Waals surface area contributed by atoms with Crippen molar-refractivity contribution in [3.63, 3.8) is 0 Å². The highest BCUT2D eigenvalue weighted by molar-refractivity contribution is 7.18. The van der Waals surface area contributed by atoms with E-state index in [2.05, 4.69) is 16.4 Å². The average molecular weight is 341 g/mol. The van der Waals surface area contributed by atoms with E-state index in [-0.39, 0.29) is 5.91 Å². The van der Waals surface area contributed by atoms with Crippen LogP contribution in [0.2, 0.25) is 0 Å². The van der Waals surface area contributed by atoms with Crippen LogP contribution in [0.1, 0.15) is 5.01 Å². The molecule has 0 unspecified atom stereocenters. The maximum absolute atomic E-state index is 12.1. The fourth-order valence-corrected chi connectivity index (χ4v) is 3.44. The number of carbonyl (C=O) groups excluding carboxylic acids is 1. The summed E-state index contributed by atoms with van der Waals surface area (Å²) in [6.07, 6.45) is 0. The molecule has 0 aliphatic carbocycles. The van der Waals surface area contributed by atoms with Crippen LogP contribution in [0.5, 0.6) is 5.75 Å². The van der Waals surface area contributed by atoms with E-state index in [1.54, 1.807) is 18.4 Å². The number of benzene rings is 2. The Labute approximate surface area is 144 Å². The van der Waals surface area contributed by atoms with E-state index in [4.69, 9.17) is 4.74 Å². The minimum Gasteiger partial charge on any atom is -0.497 e. The molecule has 6 heteroatoms. The number of likely N-dealkylation sites (N-methyl/N-ethyl adjacent to an activating group) is 1. The van der Waals surface area contributed by atoms with E-state index in [0.29, 0.717) is 13.1 Å². The molecular weight excluding hydrogens is 322 g/mol. The van der Waals surface area contributed by atoms with Crippen molar-refractivity contribution in [1.29, 1.82) is 0 Å². The van der Waals surface area contributed by atoms with Gasteiger partial charge in [0.2, 0.25) is 5.91 Å². The zero-order chi connectivity index (χ0) is 16.9.